The Morgan fingerprint density at radius 3 is 2.90 bits per heavy atom. The number of aliphatic hydroxyl groups is 1. The summed E-state index contributed by atoms with van der Waals surface area (Å²) in [5.41, 5.74) is 3.07. The number of fused-ring (bicyclic) bond motifs is 4. The highest BCUT2D eigenvalue weighted by Gasteiger charge is 2.54. The van der Waals surface area contributed by atoms with Gasteiger partial charge in [-0.15, -0.1) is 0 Å². The van der Waals surface area contributed by atoms with Gasteiger partial charge < -0.3 is 5.11 Å². The van der Waals surface area contributed by atoms with Crippen LogP contribution in [0, 0.1) is 23.2 Å². The highest BCUT2D eigenvalue weighted by Crippen LogP contribution is 2.60. The molecule has 4 rings (SSSR count). The minimum atomic E-state index is -0.0905. The molecule has 1 N–H and O–H groups in total. The van der Waals surface area contributed by atoms with Gasteiger partial charge in [-0.05, 0) is 73.3 Å². The quantitative estimate of drug-likeness (QED) is 0.733. The maximum atomic E-state index is 11.6. The van der Waals surface area contributed by atoms with Crippen molar-refractivity contribution in [1.29, 1.82) is 0 Å². The van der Waals surface area contributed by atoms with Gasteiger partial charge in [-0.3, -0.25) is 4.79 Å². The van der Waals surface area contributed by atoms with Crippen LogP contribution < -0.4 is 0 Å². The van der Waals surface area contributed by atoms with Crippen molar-refractivity contribution in [3.63, 3.8) is 0 Å². The minimum absolute atomic E-state index is 0.0905. The summed E-state index contributed by atoms with van der Waals surface area (Å²) in [4.78, 5) is 11.6. The lowest BCUT2D eigenvalue weighted by molar-refractivity contribution is -0.114. The molecule has 108 valence electrons. The van der Waals surface area contributed by atoms with Crippen LogP contribution in [-0.2, 0) is 4.79 Å². The van der Waals surface area contributed by atoms with Crippen LogP contribution in [-0.4, -0.2) is 17.0 Å². The van der Waals surface area contributed by atoms with Crippen molar-refractivity contribution in [2.24, 2.45) is 23.2 Å². The zero-order chi connectivity index (χ0) is 13.9. The summed E-state index contributed by atoms with van der Waals surface area (Å²) >= 11 is 0. The largest absolute Gasteiger partial charge is 0.393 e. The van der Waals surface area contributed by atoms with Gasteiger partial charge in [-0.25, -0.2) is 0 Å². The van der Waals surface area contributed by atoms with Crippen LogP contribution in [0.2, 0.25) is 0 Å². The minimum Gasteiger partial charge on any atom is -0.393 e. The van der Waals surface area contributed by atoms with Gasteiger partial charge in [0.05, 0.1) is 6.10 Å². The third-order valence-electron chi connectivity index (χ3n) is 6.81. The number of carbonyl (C=O) groups is 1. The van der Waals surface area contributed by atoms with Gasteiger partial charge in [0.15, 0.2) is 5.78 Å². The van der Waals surface area contributed by atoms with Crippen LogP contribution in [0.15, 0.2) is 23.3 Å². The average Bonchev–Trinajstić information content (AvgIpc) is 2.74. The number of hydrogen-bond acceptors (Lipinski definition) is 2. The van der Waals surface area contributed by atoms with E-state index in [-0.39, 0.29) is 17.3 Å². The molecule has 0 spiro atoms. The third kappa shape index (κ3) is 1.64. The summed E-state index contributed by atoms with van der Waals surface area (Å²) in [6.07, 6.45) is 11.4. The molecule has 0 amide bonds. The Balaban J connectivity index is 1.67. The van der Waals surface area contributed by atoms with Crippen molar-refractivity contribution in [3.05, 3.63) is 23.3 Å². The monoisotopic (exact) mass is 272 g/mol. The third-order valence-corrected chi connectivity index (χ3v) is 6.81. The molecule has 4 aliphatic rings. The van der Waals surface area contributed by atoms with Crippen LogP contribution in [0.4, 0.5) is 0 Å². The Bertz CT molecular complexity index is 516. The molecular weight excluding hydrogens is 248 g/mol. The van der Waals surface area contributed by atoms with Gasteiger partial charge in [0.1, 0.15) is 0 Å². The first-order valence-corrected chi connectivity index (χ1v) is 8.20. The number of carbonyl (C=O) groups excluding carboxylic acids is 1. The van der Waals surface area contributed by atoms with Gasteiger partial charge >= 0.3 is 0 Å². The van der Waals surface area contributed by atoms with Crippen molar-refractivity contribution < 1.29 is 9.90 Å². The molecule has 4 aliphatic carbocycles. The molecule has 2 saturated carbocycles. The molecule has 2 fully saturated rings. The van der Waals surface area contributed by atoms with E-state index in [0.29, 0.717) is 18.3 Å². The SMILES string of the molecule is C[C@]12CC[C@@H]3C4=C(CC[C@H]3[C@@H]1CC[C@@H]2O)CC(=O)C=C4. The van der Waals surface area contributed by atoms with E-state index in [1.165, 1.54) is 30.4 Å². The predicted molar refractivity (Wildman–Crippen MR) is 78.1 cm³/mol. The summed E-state index contributed by atoms with van der Waals surface area (Å²) < 4.78 is 0. The zero-order valence-corrected chi connectivity index (χ0v) is 12.3. The van der Waals surface area contributed by atoms with Crippen molar-refractivity contribution in [2.45, 2.75) is 58.0 Å². The molecule has 0 heterocycles. The molecule has 2 heteroatoms. The van der Waals surface area contributed by atoms with E-state index in [9.17, 15) is 9.90 Å². The zero-order valence-electron chi connectivity index (χ0n) is 12.3. The maximum absolute atomic E-state index is 11.6. The van der Waals surface area contributed by atoms with Gasteiger partial charge in [0.25, 0.3) is 0 Å². The summed E-state index contributed by atoms with van der Waals surface area (Å²) in [6.45, 7) is 2.32. The summed E-state index contributed by atoms with van der Waals surface area (Å²) in [6, 6.07) is 0. The van der Waals surface area contributed by atoms with E-state index in [0.717, 1.165) is 25.2 Å². The second-order valence-electron chi connectivity index (χ2n) is 7.59. The molecule has 0 radical (unpaired) electrons. The van der Waals surface area contributed by atoms with Gasteiger partial charge in [0.2, 0.25) is 0 Å². The Labute approximate surface area is 120 Å². The lowest BCUT2D eigenvalue weighted by Crippen LogP contribution is -2.45. The highest BCUT2D eigenvalue weighted by molar-refractivity contribution is 5.93. The van der Waals surface area contributed by atoms with Crippen molar-refractivity contribution in [1.82, 2.24) is 0 Å². The fraction of sp³-hybridized carbons (Fsp3) is 0.722. The molecule has 0 aromatic carbocycles. The van der Waals surface area contributed by atoms with E-state index < -0.39 is 0 Å². The smallest absolute Gasteiger partial charge is 0.159 e. The first-order valence-electron chi connectivity index (χ1n) is 8.20. The molecule has 2 nitrogen and oxygen atoms in total. The summed E-state index contributed by atoms with van der Waals surface area (Å²) in [5.74, 6) is 2.37. The fourth-order valence-corrected chi connectivity index (χ4v) is 5.68. The van der Waals surface area contributed by atoms with Crippen LogP contribution >= 0.6 is 0 Å². The molecule has 0 aliphatic heterocycles. The topological polar surface area (TPSA) is 37.3 Å². The Morgan fingerprint density at radius 1 is 1.20 bits per heavy atom. The van der Waals surface area contributed by atoms with E-state index in [1.807, 2.05) is 0 Å². The van der Waals surface area contributed by atoms with E-state index in [2.05, 4.69) is 13.0 Å². The molecule has 0 saturated heterocycles. The van der Waals surface area contributed by atoms with Crippen LogP contribution in [0.1, 0.15) is 51.9 Å². The average molecular weight is 272 g/mol. The van der Waals surface area contributed by atoms with Crippen molar-refractivity contribution in [3.8, 4) is 0 Å². The van der Waals surface area contributed by atoms with Crippen molar-refractivity contribution >= 4 is 5.78 Å². The highest BCUT2D eigenvalue weighted by atomic mass is 16.3. The molecule has 20 heavy (non-hydrogen) atoms. The first kappa shape index (κ1) is 12.8. The van der Waals surface area contributed by atoms with Gasteiger partial charge in [-0.1, -0.05) is 18.6 Å². The number of rotatable bonds is 0. The number of aliphatic hydroxyl groups excluding tert-OH is 1. The lowest BCUT2D eigenvalue weighted by atomic mass is 9.55. The first-order chi connectivity index (χ1) is 9.59. The Hall–Kier alpha value is -0.890. The second kappa shape index (κ2) is 4.30. The van der Waals surface area contributed by atoms with Crippen LogP contribution in [0.5, 0.6) is 0 Å². The fourth-order valence-electron chi connectivity index (χ4n) is 5.68. The standard InChI is InChI=1S/C18H24O2/c1-18-9-8-14-13-5-3-12(19)10-11(13)2-4-15(14)16(18)6-7-17(18)20/h3,5,14-17,20H,2,4,6-10H2,1H3/t14-,15-,16+,17+,18+/m1/s1. The molecule has 0 aromatic rings. The van der Waals surface area contributed by atoms with E-state index >= 15 is 0 Å². The van der Waals surface area contributed by atoms with Gasteiger partial charge in [-0.2, -0.15) is 0 Å². The number of ketones is 1. The normalized spacial score (nSPS) is 47.0. The van der Waals surface area contributed by atoms with Crippen LogP contribution in [0.3, 0.4) is 0 Å². The second-order valence-corrected chi connectivity index (χ2v) is 7.59. The maximum Gasteiger partial charge on any atom is 0.159 e. The summed E-state index contributed by atoms with van der Waals surface area (Å²) in [5, 5.41) is 10.4. The van der Waals surface area contributed by atoms with E-state index in [1.54, 1.807) is 6.08 Å². The van der Waals surface area contributed by atoms with Crippen LogP contribution in [0.25, 0.3) is 0 Å². The molecule has 0 bridgehead atoms. The number of allylic oxidation sites excluding steroid dienone is 4. The molecule has 5 atom stereocenters. The van der Waals surface area contributed by atoms with Gasteiger partial charge in [0, 0.05) is 6.42 Å². The predicted octanol–water partition coefficient (Wildman–Crippen LogP) is 3.41. The molecule has 0 unspecified atom stereocenters. The lowest BCUT2D eigenvalue weighted by Gasteiger charge is -2.50. The summed E-state index contributed by atoms with van der Waals surface area (Å²) in [7, 11) is 0. The van der Waals surface area contributed by atoms with E-state index in [4.69, 9.17) is 0 Å². The molecule has 0 aromatic heterocycles. The Morgan fingerprint density at radius 2 is 2.05 bits per heavy atom. The Kier molecular flexibility index (Phi) is 2.76. The number of hydrogen-bond donors (Lipinski definition) is 1. The molecular formula is C18H24O2. The van der Waals surface area contributed by atoms with Crippen molar-refractivity contribution in [2.75, 3.05) is 0 Å².